The number of sulfonamides is 1. The number of carbonyl (C=O) groups excluding carboxylic acids is 1. The molecule has 2 N–H and O–H groups in total. The van der Waals surface area contributed by atoms with Crippen molar-refractivity contribution in [2.24, 2.45) is 0 Å². The van der Waals surface area contributed by atoms with E-state index in [1.807, 2.05) is 0 Å². The molecule has 0 saturated carbocycles. The van der Waals surface area contributed by atoms with E-state index in [0.29, 0.717) is 0 Å². The highest BCUT2D eigenvalue weighted by atomic mass is 32.2. The van der Waals surface area contributed by atoms with E-state index < -0.39 is 16.0 Å². The Hall–Kier alpha value is -1.78. The Bertz CT molecular complexity index is 774. The predicted octanol–water partition coefficient (Wildman–Crippen LogP) is 1.91. The molecule has 10 heteroatoms. The minimum Gasteiger partial charge on any atom is -0.477 e. The Labute approximate surface area is 122 Å². The van der Waals surface area contributed by atoms with Gasteiger partial charge < -0.3 is 5.11 Å². The zero-order valence-electron chi connectivity index (χ0n) is 9.98. The summed E-state index contributed by atoms with van der Waals surface area (Å²) < 4.78 is 26.2. The Kier molecular flexibility index (Phi) is 3.88. The summed E-state index contributed by atoms with van der Waals surface area (Å²) in [6.45, 7) is 1.32. The quantitative estimate of drug-likeness (QED) is 0.809. The van der Waals surface area contributed by atoms with Gasteiger partial charge in [0.25, 0.3) is 10.0 Å². The predicted molar refractivity (Wildman–Crippen MR) is 74.2 cm³/mol. The lowest BCUT2D eigenvalue weighted by Gasteiger charge is -2.01. The van der Waals surface area contributed by atoms with Crippen molar-refractivity contribution in [3.8, 4) is 0 Å². The fourth-order valence-electron chi connectivity index (χ4n) is 1.23. The molecule has 7 nitrogen and oxygen atoms in total. The molecule has 0 aliphatic carbocycles. The smallest absolute Gasteiger partial charge is 0.345 e. The van der Waals surface area contributed by atoms with Crippen molar-refractivity contribution in [1.82, 2.24) is 4.98 Å². The van der Waals surface area contributed by atoms with Gasteiger partial charge >= 0.3 is 5.97 Å². The summed E-state index contributed by atoms with van der Waals surface area (Å²) in [6.07, 6.45) is 0. The lowest BCUT2D eigenvalue weighted by molar-refractivity contribution is 0.0701. The van der Waals surface area contributed by atoms with Crippen LogP contribution >= 0.6 is 22.7 Å². The largest absolute Gasteiger partial charge is 0.477 e. The van der Waals surface area contributed by atoms with E-state index in [9.17, 15) is 18.0 Å². The van der Waals surface area contributed by atoms with Crippen molar-refractivity contribution in [2.45, 2.75) is 11.8 Å². The number of nitrogens with one attached hydrogen (secondary N) is 1. The van der Waals surface area contributed by atoms with Gasteiger partial charge in [0.05, 0.1) is 4.90 Å². The van der Waals surface area contributed by atoms with Gasteiger partial charge in [0.15, 0.2) is 10.9 Å². The molecule has 0 unspecified atom stereocenters. The van der Waals surface area contributed by atoms with Crippen LogP contribution in [0, 0.1) is 0 Å². The van der Waals surface area contributed by atoms with E-state index in [0.717, 1.165) is 28.7 Å². The monoisotopic (exact) mass is 332 g/mol. The summed E-state index contributed by atoms with van der Waals surface area (Å²) >= 11 is 1.79. The van der Waals surface area contributed by atoms with Crippen LogP contribution in [0.15, 0.2) is 21.7 Å². The minimum absolute atomic E-state index is 0.0540. The van der Waals surface area contributed by atoms with Gasteiger partial charge in [-0.15, -0.1) is 22.7 Å². The molecule has 2 aromatic rings. The number of hydrogen-bond donors (Lipinski definition) is 2. The van der Waals surface area contributed by atoms with Gasteiger partial charge in [-0.05, 0) is 6.07 Å². The number of anilines is 1. The lowest BCUT2D eigenvalue weighted by atomic mass is 10.4. The standard InChI is InChI=1S/C10H8N2O5S3/c1-5(13)7-4-19-10(11-7)12-20(16,17)6-2-8(9(14)15)18-3-6/h2-4H,1H3,(H,11,12)(H,14,15). The SMILES string of the molecule is CC(=O)c1csc(NS(=O)(=O)c2csc(C(=O)O)c2)n1. The first kappa shape index (κ1) is 14.6. The third kappa shape index (κ3) is 3.03. The zero-order chi connectivity index (χ0) is 14.9. The molecule has 0 saturated heterocycles. The third-order valence-electron chi connectivity index (χ3n) is 2.18. The number of carboxylic acids is 1. The van der Waals surface area contributed by atoms with Crippen LogP contribution in [-0.2, 0) is 10.0 Å². The van der Waals surface area contributed by atoms with Gasteiger partial charge in [0, 0.05) is 17.7 Å². The summed E-state index contributed by atoms with van der Waals surface area (Å²) in [7, 11) is -3.90. The highest BCUT2D eigenvalue weighted by Crippen LogP contribution is 2.24. The number of carboxylic acid groups (broad SMARTS) is 1. The Morgan fingerprint density at radius 1 is 1.30 bits per heavy atom. The number of aromatic carboxylic acids is 1. The number of Topliss-reactive ketones (excluding diaryl/α,β-unsaturated/α-hetero) is 1. The van der Waals surface area contributed by atoms with Gasteiger partial charge in [-0.1, -0.05) is 0 Å². The second-order valence-electron chi connectivity index (χ2n) is 3.65. The average Bonchev–Trinajstić information content (AvgIpc) is 2.95. The van der Waals surface area contributed by atoms with Crippen LogP contribution in [0.4, 0.5) is 5.13 Å². The fraction of sp³-hybridized carbons (Fsp3) is 0.100. The molecule has 2 rings (SSSR count). The number of thiazole rings is 1. The number of aromatic nitrogens is 1. The molecule has 0 aliphatic rings. The van der Waals surface area contributed by atoms with Crippen molar-refractivity contribution < 1.29 is 23.1 Å². The zero-order valence-corrected chi connectivity index (χ0v) is 12.4. The maximum absolute atomic E-state index is 12.0. The van der Waals surface area contributed by atoms with Crippen LogP contribution in [0.2, 0.25) is 0 Å². The molecule has 0 fully saturated rings. The topological polar surface area (TPSA) is 113 Å². The number of ketones is 1. The van der Waals surface area contributed by atoms with Crippen molar-refractivity contribution in [3.05, 3.63) is 27.4 Å². The number of nitrogens with zero attached hydrogens (tertiary/aromatic N) is 1. The molecule has 0 aromatic carbocycles. The maximum Gasteiger partial charge on any atom is 0.345 e. The number of hydrogen-bond acceptors (Lipinski definition) is 7. The minimum atomic E-state index is -3.90. The Balaban J connectivity index is 2.25. The van der Waals surface area contributed by atoms with Crippen molar-refractivity contribution in [1.29, 1.82) is 0 Å². The normalized spacial score (nSPS) is 11.2. The Morgan fingerprint density at radius 3 is 2.50 bits per heavy atom. The third-order valence-corrected chi connectivity index (χ3v) is 5.46. The van der Waals surface area contributed by atoms with Crippen LogP contribution in [-0.4, -0.2) is 30.3 Å². The van der Waals surface area contributed by atoms with Gasteiger partial charge in [0.1, 0.15) is 10.6 Å². The molecule has 0 bridgehead atoms. The van der Waals surface area contributed by atoms with E-state index in [2.05, 4.69) is 9.71 Å². The van der Waals surface area contributed by atoms with E-state index in [1.165, 1.54) is 17.7 Å². The summed E-state index contributed by atoms with van der Waals surface area (Å²) in [5.41, 5.74) is 0.171. The highest BCUT2D eigenvalue weighted by Gasteiger charge is 2.20. The number of thiophene rings is 1. The van der Waals surface area contributed by atoms with Crippen molar-refractivity contribution >= 4 is 49.6 Å². The Morgan fingerprint density at radius 2 is 2.00 bits per heavy atom. The molecule has 2 aromatic heterocycles. The molecule has 0 atom stereocenters. The summed E-state index contributed by atoms with van der Waals surface area (Å²) in [5.74, 6) is -1.46. The molecule has 0 radical (unpaired) electrons. The molecule has 20 heavy (non-hydrogen) atoms. The second kappa shape index (κ2) is 5.31. The molecular formula is C10H8N2O5S3. The average molecular weight is 332 g/mol. The molecular weight excluding hydrogens is 324 g/mol. The van der Waals surface area contributed by atoms with Gasteiger partial charge in [-0.3, -0.25) is 9.52 Å². The highest BCUT2D eigenvalue weighted by molar-refractivity contribution is 7.93. The first-order chi connectivity index (χ1) is 9.29. The van der Waals surface area contributed by atoms with Gasteiger partial charge in [0.2, 0.25) is 0 Å². The maximum atomic E-state index is 12.0. The van der Waals surface area contributed by atoms with Crippen LogP contribution < -0.4 is 4.72 Å². The molecule has 2 heterocycles. The van der Waals surface area contributed by atoms with E-state index in [-0.39, 0.29) is 26.4 Å². The fourth-order valence-corrected chi connectivity index (χ4v) is 4.34. The first-order valence-corrected chi connectivity index (χ1v) is 8.35. The summed E-state index contributed by atoms with van der Waals surface area (Å²) in [5, 5.41) is 11.5. The molecule has 0 spiro atoms. The summed E-state index contributed by atoms with van der Waals surface area (Å²) in [4.78, 5) is 25.4. The van der Waals surface area contributed by atoms with Crippen molar-refractivity contribution in [2.75, 3.05) is 4.72 Å². The van der Waals surface area contributed by atoms with Gasteiger partial charge in [-0.25, -0.2) is 18.2 Å². The van der Waals surface area contributed by atoms with Crippen LogP contribution in [0.5, 0.6) is 0 Å². The first-order valence-electron chi connectivity index (χ1n) is 5.11. The van der Waals surface area contributed by atoms with E-state index in [4.69, 9.17) is 5.11 Å². The summed E-state index contributed by atoms with van der Waals surface area (Å²) in [6, 6.07) is 1.06. The molecule has 0 aliphatic heterocycles. The van der Waals surface area contributed by atoms with E-state index in [1.54, 1.807) is 0 Å². The van der Waals surface area contributed by atoms with E-state index >= 15 is 0 Å². The molecule has 0 amide bonds. The van der Waals surface area contributed by atoms with Crippen LogP contribution in [0.3, 0.4) is 0 Å². The lowest BCUT2D eigenvalue weighted by Crippen LogP contribution is -2.12. The van der Waals surface area contributed by atoms with Crippen LogP contribution in [0.25, 0.3) is 0 Å². The van der Waals surface area contributed by atoms with Gasteiger partial charge in [-0.2, -0.15) is 0 Å². The molecule has 106 valence electrons. The van der Waals surface area contributed by atoms with Crippen molar-refractivity contribution in [3.63, 3.8) is 0 Å². The second-order valence-corrected chi connectivity index (χ2v) is 7.10. The number of rotatable bonds is 5. The van der Waals surface area contributed by atoms with Crippen LogP contribution in [0.1, 0.15) is 27.1 Å². The number of carbonyl (C=O) groups is 2.